The highest BCUT2D eigenvalue weighted by atomic mass is 16.2. The van der Waals surface area contributed by atoms with E-state index in [2.05, 4.69) is 10.6 Å². The number of rotatable bonds is 4. The van der Waals surface area contributed by atoms with Crippen molar-refractivity contribution in [3.63, 3.8) is 0 Å². The van der Waals surface area contributed by atoms with Gasteiger partial charge >= 0.3 is 6.03 Å². The molecule has 0 bridgehead atoms. The summed E-state index contributed by atoms with van der Waals surface area (Å²) in [4.78, 5) is 23.0. The molecule has 2 aromatic carbocycles. The molecule has 0 aliphatic rings. The Labute approximate surface area is 123 Å². The van der Waals surface area contributed by atoms with E-state index in [0.717, 1.165) is 5.56 Å². The van der Waals surface area contributed by atoms with Crippen molar-refractivity contribution < 1.29 is 9.59 Å². The quantitative estimate of drug-likeness (QED) is 0.839. The minimum Gasteiger partial charge on any atom is -0.314 e. The van der Waals surface area contributed by atoms with Crippen molar-refractivity contribution in [1.82, 2.24) is 5.32 Å². The molecule has 0 atom stereocenters. The number of carbonyl (C=O) groups excluding carboxylic acids is 2. The number of nitrogens with one attached hydrogen (secondary N) is 2. The van der Waals surface area contributed by atoms with Crippen LogP contribution in [0.4, 0.5) is 10.5 Å². The first-order chi connectivity index (χ1) is 10.1. The van der Waals surface area contributed by atoms with E-state index in [1.807, 2.05) is 30.3 Å². The number of ketones is 1. The van der Waals surface area contributed by atoms with E-state index in [1.165, 1.54) is 6.92 Å². The molecule has 4 nitrogen and oxygen atoms in total. The van der Waals surface area contributed by atoms with Crippen LogP contribution in [0.5, 0.6) is 0 Å². The van der Waals surface area contributed by atoms with Crippen molar-refractivity contribution in [2.75, 3.05) is 5.32 Å². The fourth-order valence-electron chi connectivity index (χ4n) is 1.76. The van der Waals surface area contributed by atoms with Crippen molar-refractivity contribution in [1.29, 1.82) is 0 Å². The maximum atomic E-state index is 11.7. The normalized spacial score (nSPS) is 10.3. The van der Waals surface area contributed by atoms with Crippen LogP contribution >= 0.6 is 0 Å². The van der Waals surface area contributed by atoms with E-state index in [4.69, 9.17) is 0 Å². The van der Waals surface area contributed by atoms with Gasteiger partial charge in [-0.1, -0.05) is 42.5 Å². The zero-order valence-corrected chi connectivity index (χ0v) is 11.7. The van der Waals surface area contributed by atoms with Crippen LogP contribution in [-0.4, -0.2) is 11.8 Å². The Morgan fingerprint density at radius 2 is 1.76 bits per heavy atom. The molecule has 4 heteroatoms. The van der Waals surface area contributed by atoms with Crippen LogP contribution in [-0.2, 0) is 0 Å². The monoisotopic (exact) mass is 280 g/mol. The summed E-state index contributed by atoms with van der Waals surface area (Å²) in [6.07, 6.45) is 3.37. The molecule has 0 heterocycles. The average Bonchev–Trinajstić information content (AvgIpc) is 2.48. The van der Waals surface area contributed by atoms with E-state index >= 15 is 0 Å². The van der Waals surface area contributed by atoms with Crippen LogP contribution in [0.1, 0.15) is 22.8 Å². The number of amides is 2. The first-order valence-corrected chi connectivity index (χ1v) is 6.55. The molecule has 2 aromatic rings. The second-order valence-electron chi connectivity index (χ2n) is 4.48. The molecule has 2 rings (SSSR count). The minimum atomic E-state index is -0.358. The highest BCUT2D eigenvalue weighted by molar-refractivity contribution is 5.96. The Bertz CT molecular complexity index is 664. The molecule has 0 aliphatic heterocycles. The molecule has 0 saturated carbocycles. The largest absolute Gasteiger partial charge is 0.323 e. The van der Waals surface area contributed by atoms with Crippen LogP contribution < -0.4 is 10.6 Å². The summed E-state index contributed by atoms with van der Waals surface area (Å²) in [7, 11) is 0. The molecule has 0 saturated heterocycles. The predicted molar refractivity (Wildman–Crippen MR) is 84.1 cm³/mol. The van der Waals surface area contributed by atoms with Gasteiger partial charge in [-0.2, -0.15) is 0 Å². The number of hydrogen-bond donors (Lipinski definition) is 2. The van der Waals surface area contributed by atoms with Crippen molar-refractivity contribution in [3.05, 3.63) is 71.9 Å². The zero-order chi connectivity index (χ0) is 15.1. The Balaban J connectivity index is 1.91. The van der Waals surface area contributed by atoms with Gasteiger partial charge in [0.2, 0.25) is 0 Å². The highest BCUT2D eigenvalue weighted by Gasteiger charge is 2.02. The summed E-state index contributed by atoms with van der Waals surface area (Å²) < 4.78 is 0. The van der Waals surface area contributed by atoms with Gasteiger partial charge in [0, 0.05) is 17.5 Å². The third-order valence-electron chi connectivity index (χ3n) is 2.82. The van der Waals surface area contributed by atoms with Gasteiger partial charge in [0.05, 0.1) is 0 Å². The number of benzene rings is 2. The van der Waals surface area contributed by atoms with Crippen molar-refractivity contribution in [3.8, 4) is 0 Å². The summed E-state index contributed by atoms with van der Waals surface area (Å²) in [5.41, 5.74) is 2.14. The number of Topliss-reactive ketones (excluding diaryl/α,β-unsaturated/α-hetero) is 1. The third kappa shape index (κ3) is 4.62. The molecule has 2 amide bonds. The molecule has 0 aromatic heterocycles. The van der Waals surface area contributed by atoms with Crippen LogP contribution in [0.2, 0.25) is 0 Å². The van der Waals surface area contributed by atoms with Gasteiger partial charge in [0.25, 0.3) is 0 Å². The molecule has 106 valence electrons. The maximum absolute atomic E-state index is 11.7. The summed E-state index contributed by atoms with van der Waals surface area (Å²) in [5, 5.41) is 5.28. The van der Waals surface area contributed by atoms with E-state index in [1.54, 1.807) is 36.5 Å². The van der Waals surface area contributed by atoms with Gasteiger partial charge in [-0.25, -0.2) is 4.79 Å². The second-order valence-corrected chi connectivity index (χ2v) is 4.48. The Hall–Kier alpha value is -2.88. The minimum absolute atomic E-state index is 0.0389. The molecular formula is C17H16N2O2. The van der Waals surface area contributed by atoms with Crippen LogP contribution in [0.25, 0.3) is 6.08 Å². The molecular weight excluding hydrogens is 264 g/mol. The lowest BCUT2D eigenvalue weighted by molar-refractivity contribution is 0.101. The molecule has 0 spiro atoms. The van der Waals surface area contributed by atoms with E-state index in [9.17, 15) is 9.59 Å². The highest BCUT2D eigenvalue weighted by Crippen LogP contribution is 2.10. The summed E-state index contributed by atoms with van der Waals surface area (Å²) >= 11 is 0. The van der Waals surface area contributed by atoms with Crippen LogP contribution in [0, 0.1) is 0 Å². The van der Waals surface area contributed by atoms with Gasteiger partial charge in [-0.3, -0.25) is 4.79 Å². The smallest absolute Gasteiger partial charge is 0.314 e. The second kappa shape index (κ2) is 7.05. The van der Waals surface area contributed by atoms with E-state index < -0.39 is 0 Å². The Morgan fingerprint density at radius 1 is 1.00 bits per heavy atom. The van der Waals surface area contributed by atoms with Crippen LogP contribution in [0.3, 0.4) is 0 Å². The van der Waals surface area contributed by atoms with E-state index in [0.29, 0.717) is 11.3 Å². The van der Waals surface area contributed by atoms with Crippen LogP contribution in [0.15, 0.2) is 60.8 Å². The van der Waals surface area contributed by atoms with Gasteiger partial charge in [0.15, 0.2) is 5.78 Å². The number of carbonyl (C=O) groups is 2. The zero-order valence-electron chi connectivity index (χ0n) is 11.7. The maximum Gasteiger partial charge on any atom is 0.323 e. The first-order valence-electron chi connectivity index (χ1n) is 6.55. The lowest BCUT2D eigenvalue weighted by Crippen LogP contribution is -2.23. The summed E-state index contributed by atoms with van der Waals surface area (Å²) in [6.45, 7) is 1.49. The van der Waals surface area contributed by atoms with Gasteiger partial charge < -0.3 is 10.6 Å². The fraction of sp³-hybridized carbons (Fsp3) is 0.0588. The SMILES string of the molecule is CC(=O)c1cccc(NC(=O)N/C=C/c2ccccc2)c1. The average molecular weight is 280 g/mol. The first kappa shape index (κ1) is 14.5. The van der Waals surface area contributed by atoms with Gasteiger partial charge in [0.1, 0.15) is 0 Å². The van der Waals surface area contributed by atoms with Crippen molar-refractivity contribution in [2.24, 2.45) is 0 Å². The molecule has 0 radical (unpaired) electrons. The lowest BCUT2D eigenvalue weighted by atomic mass is 10.1. The van der Waals surface area contributed by atoms with Crippen molar-refractivity contribution in [2.45, 2.75) is 6.92 Å². The lowest BCUT2D eigenvalue weighted by Gasteiger charge is -2.05. The standard InChI is InChI=1S/C17H16N2O2/c1-13(20)15-8-5-9-16(12-15)19-17(21)18-11-10-14-6-3-2-4-7-14/h2-12H,1H3,(H2,18,19,21)/b11-10+. The molecule has 0 unspecified atom stereocenters. The third-order valence-corrected chi connectivity index (χ3v) is 2.82. The van der Waals surface area contributed by atoms with Crippen molar-refractivity contribution >= 4 is 23.6 Å². The number of urea groups is 1. The molecule has 0 fully saturated rings. The molecule has 21 heavy (non-hydrogen) atoms. The van der Waals surface area contributed by atoms with E-state index in [-0.39, 0.29) is 11.8 Å². The van der Waals surface area contributed by atoms with Gasteiger partial charge in [-0.05, 0) is 30.7 Å². The molecule has 2 N–H and O–H groups in total. The Kier molecular flexibility index (Phi) is 4.88. The van der Waals surface area contributed by atoms with Gasteiger partial charge in [-0.15, -0.1) is 0 Å². The summed E-state index contributed by atoms with van der Waals surface area (Å²) in [5.74, 6) is -0.0389. The summed E-state index contributed by atoms with van der Waals surface area (Å²) in [6, 6.07) is 16.1. The Morgan fingerprint density at radius 3 is 2.48 bits per heavy atom. The number of hydrogen-bond acceptors (Lipinski definition) is 2. The fourth-order valence-corrected chi connectivity index (χ4v) is 1.76. The topological polar surface area (TPSA) is 58.2 Å². The number of anilines is 1. The predicted octanol–water partition coefficient (Wildman–Crippen LogP) is 3.68. The molecule has 0 aliphatic carbocycles.